The van der Waals surface area contributed by atoms with Gasteiger partial charge in [-0.15, -0.1) is 0 Å². The molecule has 0 aromatic heterocycles. The van der Waals surface area contributed by atoms with Gasteiger partial charge in [0.05, 0.1) is 6.42 Å². The molecular formula is C21H21ClN2O4. The van der Waals surface area contributed by atoms with Gasteiger partial charge in [-0.05, 0) is 37.1 Å². The van der Waals surface area contributed by atoms with E-state index < -0.39 is 12.1 Å². The van der Waals surface area contributed by atoms with Crippen molar-refractivity contribution in [3.63, 3.8) is 0 Å². The Labute approximate surface area is 168 Å². The molecule has 2 N–H and O–H groups in total. The lowest BCUT2D eigenvalue weighted by Gasteiger charge is -2.18. The van der Waals surface area contributed by atoms with Gasteiger partial charge in [-0.25, -0.2) is 0 Å². The predicted molar refractivity (Wildman–Crippen MR) is 105 cm³/mol. The quantitative estimate of drug-likeness (QED) is 0.667. The summed E-state index contributed by atoms with van der Waals surface area (Å²) in [6.45, 7) is 0.103. The second-order valence-electron chi connectivity index (χ2n) is 6.58. The topological polar surface area (TPSA) is 84.5 Å². The number of benzene rings is 2. The van der Waals surface area contributed by atoms with Crippen molar-refractivity contribution in [3.05, 3.63) is 70.7 Å². The molecule has 0 saturated heterocycles. The Hall–Kier alpha value is -2.86. The zero-order valence-corrected chi connectivity index (χ0v) is 15.9. The number of carbonyl (C=O) groups excluding carboxylic acids is 3. The average Bonchev–Trinajstić information content (AvgIpc) is 3.51. The minimum atomic E-state index is -0.999. The molecule has 0 bridgehead atoms. The van der Waals surface area contributed by atoms with Crippen LogP contribution in [0.15, 0.2) is 54.6 Å². The van der Waals surface area contributed by atoms with Crippen LogP contribution in [-0.4, -0.2) is 30.4 Å². The molecule has 1 saturated carbocycles. The molecule has 0 radical (unpaired) electrons. The van der Waals surface area contributed by atoms with E-state index in [1.807, 2.05) is 6.07 Å². The van der Waals surface area contributed by atoms with Gasteiger partial charge in [-0.1, -0.05) is 41.9 Å². The number of hydrogen-bond donors (Lipinski definition) is 2. The van der Waals surface area contributed by atoms with Crippen LogP contribution >= 0.6 is 11.6 Å². The number of rotatable bonds is 8. The molecule has 2 amide bonds. The van der Waals surface area contributed by atoms with Gasteiger partial charge < -0.3 is 15.4 Å². The Bertz CT molecular complexity index is 835. The minimum Gasteiger partial charge on any atom is -0.447 e. The molecule has 2 aromatic carbocycles. The molecule has 6 nitrogen and oxygen atoms in total. The number of nitrogens with one attached hydrogen (secondary N) is 2. The summed E-state index contributed by atoms with van der Waals surface area (Å²) < 4.78 is 5.41. The first-order valence-electron chi connectivity index (χ1n) is 9.11. The maximum Gasteiger partial charge on any atom is 0.308 e. The van der Waals surface area contributed by atoms with Crippen LogP contribution in [0.5, 0.6) is 0 Å². The van der Waals surface area contributed by atoms with Gasteiger partial charge in [0.2, 0.25) is 6.10 Å². The van der Waals surface area contributed by atoms with Crippen LogP contribution in [0, 0.1) is 0 Å². The van der Waals surface area contributed by atoms with Crippen molar-refractivity contribution in [2.24, 2.45) is 0 Å². The van der Waals surface area contributed by atoms with E-state index in [1.165, 1.54) is 0 Å². The van der Waals surface area contributed by atoms with Crippen LogP contribution in [0.25, 0.3) is 0 Å². The van der Waals surface area contributed by atoms with E-state index in [0.717, 1.165) is 12.8 Å². The standard InChI is InChI=1S/C21H21ClN2O4/c22-16-8-6-15(7-9-16)20(26)23-13-12-18(25)28-19(14-4-2-1-3-5-14)21(27)24-17-10-11-17/h1-9,17,19H,10-13H2,(H,23,26)(H,24,27)/t19-/m0/s1. The summed E-state index contributed by atoms with van der Waals surface area (Å²) in [5.41, 5.74) is 1.06. The summed E-state index contributed by atoms with van der Waals surface area (Å²) in [5, 5.41) is 6.05. The van der Waals surface area contributed by atoms with Crippen LogP contribution in [0.2, 0.25) is 5.02 Å². The molecule has 28 heavy (non-hydrogen) atoms. The zero-order chi connectivity index (χ0) is 19.9. The predicted octanol–water partition coefficient (Wildman–Crippen LogP) is 3.02. The lowest BCUT2D eigenvalue weighted by atomic mass is 10.1. The fourth-order valence-corrected chi connectivity index (χ4v) is 2.70. The van der Waals surface area contributed by atoms with E-state index in [0.29, 0.717) is 16.1 Å². The second kappa shape index (κ2) is 9.37. The Balaban J connectivity index is 1.52. The fourth-order valence-electron chi connectivity index (χ4n) is 2.58. The van der Waals surface area contributed by atoms with E-state index in [1.54, 1.807) is 48.5 Å². The second-order valence-corrected chi connectivity index (χ2v) is 7.01. The molecule has 7 heteroatoms. The number of carbonyl (C=O) groups is 3. The molecule has 1 aliphatic carbocycles. The van der Waals surface area contributed by atoms with Gasteiger partial charge in [0.25, 0.3) is 11.8 Å². The molecule has 1 aliphatic rings. The largest absolute Gasteiger partial charge is 0.447 e. The van der Waals surface area contributed by atoms with E-state index in [4.69, 9.17) is 16.3 Å². The van der Waals surface area contributed by atoms with Crippen LogP contribution < -0.4 is 10.6 Å². The van der Waals surface area contributed by atoms with Crippen molar-refractivity contribution in [1.82, 2.24) is 10.6 Å². The van der Waals surface area contributed by atoms with Crippen LogP contribution in [0.4, 0.5) is 0 Å². The van der Waals surface area contributed by atoms with Gasteiger partial charge >= 0.3 is 5.97 Å². The molecule has 2 aromatic rings. The number of hydrogen-bond acceptors (Lipinski definition) is 4. The number of amides is 2. The highest BCUT2D eigenvalue weighted by Gasteiger charge is 2.30. The van der Waals surface area contributed by atoms with Gasteiger partial charge in [0, 0.05) is 28.7 Å². The van der Waals surface area contributed by atoms with E-state index in [-0.39, 0.29) is 30.8 Å². The van der Waals surface area contributed by atoms with Gasteiger partial charge in [0.1, 0.15) is 0 Å². The smallest absolute Gasteiger partial charge is 0.308 e. The first kappa shape index (κ1) is 19.9. The van der Waals surface area contributed by atoms with Crippen molar-refractivity contribution in [1.29, 1.82) is 0 Å². The van der Waals surface area contributed by atoms with Crippen LogP contribution in [0.1, 0.15) is 41.3 Å². The third kappa shape index (κ3) is 5.82. The Morgan fingerprint density at radius 2 is 1.71 bits per heavy atom. The molecule has 0 heterocycles. The molecule has 1 atom stereocenters. The van der Waals surface area contributed by atoms with E-state index >= 15 is 0 Å². The van der Waals surface area contributed by atoms with E-state index in [2.05, 4.69) is 10.6 Å². The third-order valence-electron chi connectivity index (χ3n) is 4.23. The van der Waals surface area contributed by atoms with Crippen molar-refractivity contribution in [2.45, 2.75) is 31.4 Å². The summed E-state index contributed by atoms with van der Waals surface area (Å²) in [7, 11) is 0. The fraction of sp³-hybridized carbons (Fsp3) is 0.286. The molecular weight excluding hydrogens is 380 g/mol. The molecule has 0 aliphatic heterocycles. The monoisotopic (exact) mass is 400 g/mol. The summed E-state index contributed by atoms with van der Waals surface area (Å²) >= 11 is 5.80. The van der Waals surface area contributed by atoms with Crippen molar-refractivity contribution < 1.29 is 19.1 Å². The van der Waals surface area contributed by atoms with Crippen LogP contribution in [0.3, 0.4) is 0 Å². The molecule has 146 valence electrons. The highest BCUT2D eigenvalue weighted by Crippen LogP contribution is 2.23. The Kier molecular flexibility index (Phi) is 6.66. The average molecular weight is 401 g/mol. The van der Waals surface area contributed by atoms with Gasteiger partial charge in [-0.2, -0.15) is 0 Å². The highest BCUT2D eigenvalue weighted by molar-refractivity contribution is 6.30. The SMILES string of the molecule is O=C(CCNC(=O)c1ccc(Cl)cc1)O[C@H](C(=O)NC1CC1)c1ccccc1. The minimum absolute atomic E-state index is 0.0423. The normalized spacial score (nSPS) is 14.0. The van der Waals surface area contributed by atoms with Crippen LogP contribution in [-0.2, 0) is 14.3 Å². The summed E-state index contributed by atoms with van der Waals surface area (Å²) in [4.78, 5) is 36.7. The van der Waals surface area contributed by atoms with Crippen molar-refractivity contribution >= 4 is 29.4 Å². The van der Waals surface area contributed by atoms with E-state index in [9.17, 15) is 14.4 Å². The van der Waals surface area contributed by atoms with Crippen molar-refractivity contribution in [2.75, 3.05) is 6.54 Å². The Morgan fingerprint density at radius 1 is 1.04 bits per heavy atom. The molecule has 3 rings (SSSR count). The van der Waals surface area contributed by atoms with Gasteiger partial charge in [-0.3, -0.25) is 14.4 Å². The first-order valence-corrected chi connectivity index (χ1v) is 9.49. The highest BCUT2D eigenvalue weighted by atomic mass is 35.5. The summed E-state index contributed by atoms with van der Waals surface area (Å²) in [6.07, 6.45) is 0.844. The number of halogens is 1. The first-order chi connectivity index (χ1) is 13.5. The summed E-state index contributed by atoms with van der Waals surface area (Å²) in [6, 6.07) is 15.5. The van der Waals surface area contributed by atoms with Gasteiger partial charge in [0.15, 0.2) is 0 Å². The number of ether oxygens (including phenoxy) is 1. The maximum absolute atomic E-state index is 12.5. The molecule has 0 unspecified atom stereocenters. The Morgan fingerprint density at radius 3 is 2.36 bits per heavy atom. The molecule has 0 spiro atoms. The number of esters is 1. The van der Waals surface area contributed by atoms with Crippen molar-refractivity contribution in [3.8, 4) is 0 Å². The maximum atomic E-state index is 12.5. The lowest BCUT2D eigenvalue weighted by Crippen LogP contribution is -2.34. The zero-order valence-electron chi connectivity index (χ0n) is 15.2. The molecule has 1 fully saturated rings. The lowest BCUT2D eigenvalue weighted by molar-refractivity contribution is -0.156. The third-order valence-corrected chi connectivity index (χ3v) is 4.49. The summed E-state index contributed by atoms with van der Waals surface area (Å²) in [5.74, 6) is -1.20.